The van der Waals surface area contributed by atoms with Gasteiger partial charge in [-0.1, -0.05) is 36.4 Å². The number of hydrogen-bond acceptors (Lipinski definition) is 5. The Morgan fingerprint density at radius 3 is 2.53 bits per heavy atom. The summed E-state index contributed by atoms with van der Waals surface area (Å²) in [5.41, 5.74) is 0.0477. The van der Waals surface area contributed by atoms with Crippen molar-refractivity contribution < 1.29 is 19.1 Å². The highest BCUT2D eigenvalue weighted by Gasteiger charge is 2.64. The van der Waals surface area contributed by atoms with Crippen LogP contribution in [0, 0.1) is 51.8 Å². The molecule has 0 aromatic carbocycles. The van der Waals surface area contributed by atoms with Crippen molar-refractivity contribution in [1.29, 1.82) is 5.26 Å². The first-order valence-corrected chi connectivity index (χ1v) is 13.1. The Bertz CT molecular complexity index is 750. The van der Waals surface area contributed by atoms with Gasteiger partial charge < -0.3 is 9.47 Å². The molecule has 4 fully saturated rings. The van der Waals surface area contributed by atoms with Crippen molar-refractivity contribution in [2.45, 2.75) is 84.3 Å². The number of hydrogen-bond donors (Lipinski definition) is 0. The van der Waals surface area contributed by atoms with Gasteiger partial charge in [-0.05, 0) is 80.0 Å². The third-order valence-corrected chi connectivity index (χ3v) is 10.0. The predicted octanol–water partition coefficient (Wildman–Crippen LogP) is 5.06. The molecule has 0 unspecified atom stereocenters. The molecule has 0 aromatic heterocycles. The van der Waals surface area contributed by atoms with Gasteiger partial charge in [-0.25, -0.2) is 0 Å². The summed E-state index contributed by atoms with van der Waals surface area (Å²) >= 11 is 2.08. The van der Waals surface area contributed by atoms with Gasteiger partial charge in [0.1, 0.15) is 12.2 Å². The molecule has 0 amide bonds. The van der Waals surface area contributed by atoms with Crippen molar-refractivity contribution in [2.24, 2.45) is 40.4 Å². The average Bonchev–Trinajstić information content (AvgIpc) is 3.03. The Balaban J connectivity index is 1.65. The van der Waals surface area contributed by atoms with Crippen molar-refractivity contribution in [3.63, 3.8) is 0 Å². The molecule has 4 rings (SSSR count). The van der Waals surface area contributed by atoms with Crippen LogP contribution in [0.1, 0.15) is 72.1 Å². The molecule has 0 saturated heterocycles. The smallest absolute Gasteiger partial charge is 0.316 e. The lowest BCUT2D eigenvalue weighted by Crippen LogP contribution is -2.60. The molecule has 6 heteroatoms. The number of rotatable bonds is 3. The quantitative estimate of drug-likeness (QED) is 0.292. The number of halogens is 1. The number of nitrogens with zero attached hydrogens (tertiary/aromatic N) is 1. The topological polar surface area (TPSA) is 76.4 Å². The third-order valence-electron chi connectivity index (χ3n) is 9.40. The molecule has 0 radical (unpaired) electrons. The Labute approximate surface area is 193 Å². The zero-order valence-corrected chi connectivity index (χ0v) is 20.5. The van der Waals surface area contributed by atoms with E-state index in [2.05, 4.69) is 42.5 Å². The maximum absolute atomic E-state index is 12.4. The molecule has 0 aliphatic heterocycles. The van der Waals surface area contributed by atoms with Gasteiger partial charge in [0.05, 0.1) is 16.4 Å². The standard InChI is InChI=1S/C24H34INO4/c1-14(27)29-17-8-9-23(2)15(10-17)4-6-18-19-7-5-16(13-26)24(19,3)11-20(22(18)23)30-21(28)12-25/h15-20,22H,4-12H2,1-3H3/t15-,16+,17+,18-,19-,20-,22+,23-,24+/m0/s1. The largest absolute Gasteiger partial charge is 0.463 e. The average molecular weight is 527 g/mol. The minimum atomic E-state index is -0.187. The molecule has 5 nitrogen and oxygen atoms in total. The van der Waals surface area contributed by atoms with Crippen molar-refractivity contribution in [3.8, 4) is 6.07 Å². The highest BCUT2D eigenvalue weighted by Crippen LogP contribution is 2.67. The zero-order valence-electron chi connectivity index (χ0n) is 18.4. The Kier molecular flexibility index (Phi) is 6.15. The summed E-state index contributed by atoms with van der Waals surface area (Å²) in [5.74, 6) is 1.65. The fourth-order valence-corrected chi connectivity index (χ4v) is 8.35. The fourth-order valence-electron chi connectivity index (χ4n) is 8.17. The van der Waals surface area contributed by atoms with Gasteiger partial charge >= 0.3 is 11.9 Å². The van der Waals surface area contributed by atoms with Gasteiger partial charge in [-0.2, -0.15) is 5.26 Å². The van der Waals surface area contributed by atoms with Gasteiger partial charge in [0, 0.05) is 12.8 Å². The van der Waals surface area contributed by atoms with Gasteiger partial charge in [-0.15, -0.1) is 0 Å². The molecule has 30 heavy (non-hydrogen) atoms. The van der Waals surface area contributed by atoms with E-state index in [0.29, 0.717) is 28.1 Å². The lowest BCUT2D eigenvalue weighted by atomic mass is 9.44. The van der Waals surface area contributed by atoms with Crippen LogP contribution in [-0.2, 0) is 19.1 Å². The van der Waals surface area contributed by atoms with Crippen LogP contribution in [0.5, 0.6) is 0 Å². The Morgan fingerprint density at radius 1 is 1.10 bits per heavy atom. The van der Waals surface area contributed by atoms with Gasteiger partial charge in [0.25, 0.3) is 0 Å². The minimum absolute atomic E-state index is 0.0239. The normalized spacial score (nSPS) is 47.2. The first kappa shape index (κ1) is 22.4. The molecule has 4 aliphatic carbocycles. The van der Waals surface area contributed by atoms with Crippen LogP contribution in [-0.4, -0.2) is 28.6 Å². The summed E-state index contributed by atoms with van der Waals surface area (Å²) in [6.45, 7) is 6.19. The minimum Gasteiger partial charge on any atom is -0.463 e. The molecule has 9 atom stereocenters. The van der Waals surface area contributed by atoms with E-state index in [1.54, 1.807) is 0 Å². The predicted molar refractivity (Wildman–Crippen MR) is 121 cm³/mol. The molecular formula is C24H34INO4. The van der Waals surface area contributed by atoms with Crippen LogP contribution in [0.3, 0.4) is 0 Å². The second-order valence-electron chi connectivity index (χ2n) is 10.7. The lowest BCUT2D eigenvalue weighted by molar-refractivity contribution is -0.198. The van der Waals surface area contributed by atoms with Crippen molar-refractivity contribution in [2.75, 3.05) is 4.43 Å². The summed E-state index contributed by atoms with van der Waals surface area (Å²) in [7, 11) is 0. The molecule has 166 valence electrons. The third kappa shape index (κ3) is 3.57. The van der Waals surface area contributed by atoms with E-state index in [-0.39, 0.29) is 40.9 Å². The van der Waals surface area contributed by atoms with Crippen molar-refractivity contribution >= 4 is 34.5 Å². The number of carbonyl (C=O) groups is 2. The van der Waals surface area contributed by atoms with Crippen LogP contribution in [0.4, 0.5) is 0 Å². The van der Waals surface area contributed by atoms with E-state index in [9.17, 15) is 14.9 Å². The molecule has 4 aliphatic rings. The molecule has 0 spiro atoms. The SMILES string of the molecule is CC(=O)O[C@@H]1CC[C@@]2(C)[C@@H](CC[C@@H]3[C@@H]2[C@@H](OC(=O)CI)C[C@]2(C)[C@@H](C#N)CC[C@@H]32)C1. The number of nitriles is 1. The van der Waals surface area contributed by atoms with Crippen molar-refractivity contribution in [3.05, 3.63) is 0 Å². The van der Waals surface area contributed by atoms with E-state index in [1.807, 2.05) is 0 Å². The Morgan fingerprint density at radius 2 is 1.87 bits per heavy atom. The van der Waals surface area contributed by atoms with Crippen molar-refractivity contribution in [1.82, 2.24) is 0 Å². The van der Waals surface area contributed by atoms with Crippen LogP contribution in [0.25, 0.3) is 0 Å². The number of fused-ring (bicyclic) bond motifs is 5. The van der Waals surface area contributed by atoms with Gasteiger partial charge in [-0.3, -0.25) is 9.59 Å². The summed E-state index contributed by atoms with van der Waals surface area (Å²) in [6, 6.07) is 2.59. The van der Waals surface area contributed by atoms with E-state index in [4.69, 9.17) is 9.47 Å². The number of ether oxygens (including phenoxy) is 2. The molecule has 0 N–H and O–H groups in total. The van der Waals surface area contributed by atoms with E-state index in [1.165, 1.54) is 6.92 Å². The number of alkyl halides is 1. The lowest BCUT2D eigenvalue weighted by Gasteiger charge is -2.62. The molecule has 0 heterocycles. The number of carbonyl (C=O) groups excluding carboxylic acids is 2. The molecular weight excluding hydrogens is 493 g/mol. The molecule has 4 saturated carbocycles. The molecule has 0 bridgehead atoms. The first-order valence-electron chi connectivity index (χ1n) is 11.5. The van der Waals surface area contributed by atoms with E-state index < -0.39 is 0 Å². The van der Waals surface area contributed by atoms with Crippen LogP contribution >= 0.6 is 22.6 Å². The maximum atomic E-state index is 12.4. The maximum Gasteiger partial charge on any atom is 0.316 e. The first-order chi connectivity index (χ1) is 14.2. The highest BCUT2D eigenvalue weighted by atomic mass is 127. The summed E-state index contributed by atoms with van der Waals surface area (Å²) < 4.78 is 12.1. The highest BCUT2D eigenvalue weighted by molar-refractivity contribution is 14.1. The van der Waals surface area contributed by atoms with E-state index >= 15 is 0 Å². The van der Waals surface area contributed by atoms with E-state index in [0.717, 1.165) is 51.4 Å². The second-order valence-corrected chi connectivity index (χ2v) is 11.5. The van der Waals surface area contributed by atoms with Gasteiger partial charge in [0.15, 0.2) is 0 Å². The van der Waals surface area contributed by atoms with Crippen LogP contribution in [0.2, 0.25) is 0 Å². The summed E-state index contributed by atoms with van der Waals surface area (Å²) in [4.78, 5) is 23.9. The molecule has 0 aromatic rings. The fraction of sp³-hybridized carbons (Fsp3) is 0.875. The number of esters is 2. The second kappa shape index (κ2) is 8.26. The zero-order chi connectivity index (χ0) is 21.7. The monoisotopic (exact) mass is 527 g/mol. The Hall–Kier alpha value is -0.840. The van der Waals surface area contributed by atoms with Gasteiger partial charge in [0.2, 0.25) is 0 Å². The van der Waals surface area contributed by atoms with Crippen LogP contribution < -0.4 is 0 Å². The summed E-state index contributed by atoms with van der Waals surface area (Å²) in [6.07, 6.45) is 7.94. The summed E-state index contributed by atoms with van der Waals surface area (Å²) in [5, 5.41) is 9.82. The van der Waals surface area contributed by atoms with Crippen LogP contribution in [0.15, 0.2) is 0 Å².